The number of nitro benzene ring substituents is 1. The van der Waals surface area contributed by atoms with E-state index < -0.39 is 14.9 Å². The molecule has 1 aliphatic heterocycles. The number of anilines is 1. The first-order valence-corrected chi connectivity index (χ1v) is 9.46. The van der Waals surface area contributed by atoms with Crippen molar-refractivity contribution in [2.45, 2.75) is 30.7 Å². The Bertz CT molecular complexity index is 727. The van der Waals surface area contributed by atoms with Crippen LogP contribution in [0, 0.1) is 16.0 Å². The second-order valence-electron chi connectivity index (χ2n) is 6.22. The number of ether oxygens (including phenoxy) is 1. The molecule has 1 aromatic rings. The topological polar surface area (TPSA) is 102 Å². The lowest BCUT2D eigenvalue weighted by atomic mass is 10.2. The van der Waals surface area contributed by atoms with Gasteiger partial charge in [-0.25, -0.2) is 8.42 Å². The first-order chi connectivity index (χ1) is 11.4. The van der Waals surface area contributed by atoms with Gasteiger partial charge in [0.2, 0.25) is 10.0 Å². The van der Waals surface area contributed by atoms with Gasteiger partial charge in [0.25, 0.3) is 5.69 Å². The number of nitrogens with one attached hydrogen (secondary N) is 1. The zero-order valence-electron chi connectivity index (χ0n) is 13.5. The summed E-state index contributed by atoms with van der Waals surface area (Å²) in [5.74, 6) is 0.529. The molecular formula is C15H21N3O5S. The van der Waals surface area contributed by atoms with E-state index in [1.807, 2.05) is 6.92 Å². The SMILES string of the molecule is C[C@@H](Nc1ccc(S(=O)(=O)N2CCOCC2)cc1[N+](=O)[O-])C1CC1. The molecule has 1 aromatic carbocycles. The highest BCUT2D eigenvalue weighted by molar-refractivity contribution is 7.89. The van der Waals surface area contributed by atoms with Crippen molar-refractivity contribution in [1.29, 1.82) is 0 Å². The summed E-state index contributed by atoms with van der Waals surface area (Å²) in [6, 6.07) is 4.20. The maximum atomic E-state index is 12.6. The van der Waals surface area contributed by atoms with Crippen LogP contribution < -0.4 is 5.32 Å². The Kier molecular flexibility index (Phi) is 4.75. The van der Waals surface area contributed by atoms with E-state index in [9.17, 15) is 18.5 Å². The third-order valence-corrected chi connectivity index (χ3v) is 6.38. The summed E-state index contributed by atoms with van der Waals surface area (Å²) in [6.07, 6.45) is 2.23. The summed E-state index contributed by atoms with van der Waals surface area (Å²) in [5.41, 5.74) is 0.150. The Morgan fingerprint density at radius 1 is 1.33 bits per heavy atom. The maximum absolute atomic E-state index is 12.6. The monoisotopic (exact) mass is 355 g/mol. The van der Waals surface area contributed by atoms with Crippen molar-refractivity contribution in [1.82, 2.24) is 4.31 Å². The van der Waals surface area contributed by atoms with Crippen LogP contribution in [0.4, 0.5) is 11.4 Å². The molecule has 0 unspecified atom stereocenters. The summed E-state index contributed by atoms with van der Waals surface area (Å²) in [6.45, 7) is 3.17. The van der Waals surface area contributed by atoms with E-state index in [0.29, 0.717) is 24.8 Å². The molecule has 9 heteroatoms. The van der Waals surface area contributed by atoms with Crippen molar-refractivity contribution in [2.24, 2.45) is 5.92 Å². The summed E-state index contributed by atoms with van der Waals surface area (Å²) < 4.78 is 31.7. The van der Waals surface area contributed by atoms with Gasteiger partial charge in [-0.2, -0.15) is 4.31 Å². The molecular weight excluding hydrogens is 334 g/mol. The number of nitro groups is 1. The average molecular weight is 355 g/mol. The Morgan fingerprint density at radius 2 is 2.00 bits per heavy atom. The predicted octanol–water partition coefficient (Wildman–Crippen LogP) is 1.83. The van der Waals surface area contributed by atoms with Crippen LogP contribution in [0.3, 0.4) is 0 Å². The van der Waals surface area contributed by atoms with Gasteiger partial charge in [0, 0.05) is 25.2 Å². The molecule has 1 N–H and O–H groups in total. The number of benzene rings is 1. The van der Waals surface area contributed by atoms with Crippen LogP contribution in [0.15, 0.2) is 23.1 Å². The Hall–Kier alpha value is -1.71. The van der Waals surface area contributed by atoms with Crippen molar-refractivity contribution in [2.75, 3.05) is 31.6 Å². The van der Waals surface area contributed by atoms with E-state index in [4.69, 9.17) is 4.74 Å². The molecule has 1 atom stereocenters. The Morgan fingerprint density at radius 3 is 2.58 bits per heavy atom. The van der Waals surface area contributed by atoms with Crippen molar-refractivity contribution >= 4 is 21.4 Å². The zero-order valence-corrected chi connectivity index (χ0v) is 14.3. The van der Waals surface area contributed by atoms with Gasteiger partial charge in [0.15, 0.2) is 0 Å². The third-order valence-electron chi connectivity index (χ3n) is 4.49. The fraction of sp³-hybridized carbons (Fsp3) is 0.600. The summed E-state index contributed by atoms with van der Waals surface area (Å²) in [4.78, 5) is 10.8. The van der Waals surface area contributed by atoms with E-state index >= 15 is 0 Å². The number of hydrogen-bond acceptors (Lipinski definition) is 6. The average Bonchev–Trinajstić information content (AvgIpc) is 3.40. The van der Waals surface area contributed by atoms with E-state index in [1.54, 1.807) is 0 Å². The van der Waals surface area contributed by atoms with Crippen molar-refractivity contribution in [3.05, 3.63) is 28.3 Å². The van der Waals surface area contributed by atoms with E-state index in [0.717, 1.165) is 18.9 Å². The zero-order chi connectivity index (χ0) is 17.3. The Labute approximate surface area is 141 Å². The van der Waals surface area contributed by atoms with Crippen LogP contribution in [0.25, 0.3) is 0 Å². The molecule has 1 saturated carbocycles. The number of sulfonamides is 1. The molecule has 1 aliphatic carbocycles. The largest absolute Gasteiger partial charge is 0.379 e. The first kappa shape index (κ1) is 17.1. The van der Waals surface area contributed by atoms with Gasteiger partial charge in [-0.1, -0.05) is 0 Å². The van der Waals surface area contributed by atoms with Gasteiger partial charge >= 0.3 is 0 Å². The van der Waals surface area contributed by atoms with Crippen LogP contribution in [-0.2, 0) is 14.8 Å². The number of nitrogens with zero attached hydrogens (tertiary/aromatic N) is 2. The maximum Gasteiger partial charge on any atom is 0.293 e. The molecule has 0 spiro atoms. The molecule has 2 fully saturated rings. The fourth-order valence-corrected chi connectivity index (χ4v) is 4.27. The molecule has 0 amide bonds. The van der Waals surface area contributed by atoms with Crippen molar-refractivity contribution < 1.29 is 18.1 Å². The van der Waals surface area contributed by atoms with Gasteiger partial charge in [-0.05, 0) is 37.8 Å². The van der Waals surface area contributed by atoms with Gasteiger partial charge < -0.3 is 10.1 Å². The minimum absolute atomic E-state index is 0.0549. The molecule has 1 saturated heterocycles. The highest BCUT2D eigenvalue weighted by Crippen LogP contribution is 2.36. The molecule has 2 aliphatic rings. The molecule has 0 radical (unpaired) electrons. The van der Waals surface area contributed by atoms with Gasteiger partial charge in [0.05, 0.1) is 23.0 Å². The van der Waals surface area contributed by atoms with Crippen molar-refractivity contribution in [3.8, 4) is 0 Å². The van der Waals surface area contributed by atoms with Gasteiger partial charge in [0.1, 0.15) is 5.69 Å². The van der Waals surface area contributed by atoms with E-state index in [-0.39, 0.29) is 29.7 Å². The molecule has 24 heavy (non-hydrogen) atoms. The van der Waals surface area contributed by atoms with Crippen LogP contribution in [0.1, 0.15) is 19.8 Å². The predicted molar refractivity (Wildman–Crippen MR) is 88.5 cm³/mol. The molecule has 132 valence electrons. The third kappa shape index (κ3) is 3.52. The standard InChI is InChI=1S/C15H21N3O5S/c1-11(12-2-3-12)16-14-5-4-13(10-15(14)18(19)20)24(21,22)17-6-8-23-9-7-17/h4-5,10-12,16H,2-3,6-9H2,1H3/t11-/m1/s1. The van der Waals surface area contributed by atoms with Crippen LogP contribution in [-0.4, -0.2) is 50.0 Å². The number of hydrogen-bond donors (Lipinski definition) is 1. The quantitative estimate of drug-likeness (QED) is 0.617. The summed E-state index contributed by atoms with van der Waals surface area (Å²) in [5, 5.41) is 14.5. The first-order valence-electron chi connectivity index (χ1n) is 8.02. The second kappa shape index (κ2) is 6.66. The summed E-state index contributed by atoms with van der Waals surface area (Å²) >= 11 is 0. The molecule has 3 rings (SSSR count). The molecule has 0 bridgehead atoms. The molecule has 0 aromatic heterocycles. The molecule has 1 heterocycles. The lowest BCUT2D eigenvalue weighted by molar-refractivity contribution is -0.384. The van der Waals surface area contributed by atoms with Gasteiger partial charge in [-0.3, -0.25) is 10.1 Å². The minimum Gasteiger partial charge on any atom is -0.379 e. The van der Waals surface area contributed by atoms with Gasteiger partial charge in [-0.15, -0.1) is 0 Å². The van der Waals surface area contributed by atoms with Crippen molar-refractivity contribution in [3.63, 3.8) is 0 Å². The second-order valence-corrected chi connectivity index (χ2v) is 8.16. The highest BCUT2D eigenvalue weighted by atomic mass is 32.2. The number of morpholine rings is 1. The smallest absolute Gasteiger partial charge is 0.293 e. The fourth-order valence-electron chi connectivity index (χ4n) is 2.84. The van der Waals surface area contributed by atoms with E-state index in [2.05, 4.69) is 5.32 Å². The van der Waals surface area contributed by atoms with Crippen LogP contribution in [0.5, 0.6) is 0 Å². The van der Waals surface area contributed by atoms with Crippen LogP contribution >= 0.6 is 0 Å². The molecule has 8 nitrogen and oxygen atoms in total. The van der Waals surface area contributed by atoms with Crippen LogP contribution in [0.2, 0.25) is 0 Å². The lowest BCUT2D eigenvalue weighted by Crippen LogP contribution is -2.40. The summed E-state index contributed by atoms with van der Waals surface area (Å²) in [7, 11) is -3.75. The van der Waals surface area contributed by atoms with E-state index in [1.165, 1.54) is 16.4 Å². The lowest BCUT2D eigenvalue weighted by Gasteiger charge is -2.26. The highest BCUT2D eigenvalue weighted by Gasteiger charge is 2.31. The minimum atomic E-state index is -3.75. The number of rotatable bonds is 6. The normalized spacial score (nSPS) is 20.5. The Balaban J connectivity index is 1.89.